The fourth-order valence-electron chi connectivity index (χ4n) is 1.37. The van der Waals surface area contributed by atoms with Gasteiger partial charge in [0.2, 0.25) is 0 Å². The number of thiazole rings is 1. The van der Waals surface area contributed by atoms with Crippen molar-refractivity contribution in [1.82, 2.24) is 4.98 Å². The second-order valence-corrected chi connectivity index (χ2v) is 4.23. The molecule has 2 aromatic rings. The minimum atomic E-state index is -0.454. The van der Waals surface area contributed by atoms with E-state index in [0.717, 1.165) is 0 Å². The molecule has 0 bridgehead atoms. The van der Waals surface area contributed by atoms with Crippen LogP contribution in [0.3, 0.4) is 0 Å². The van der Waals surface area contributed by atoms with Crippen molar-refractivity contribution in [1.29, 1.82) is 0 Å². The number of para-hydroxylation sites is 1. The summed E-state index contributed by atoms with van der Waals surface area (Å²) in [6.07, 6.45) is 0. The van der Waals surface area contributed by atoms with Crippen LogP contribution in [0.15, 0.2) is 29.6 Å². The van der Waals surface area contributed by atoms with Crippen molar-refractivity contribution in [2.45, 2.75) is 6.92 Å². The summed E-state index contributed by atoms with van der Waals surface area (Å²) < 4.78 is 0. The van der Waals surface area contributed by atoms with E-state index in [1.54, 1.807) is 23.6 Å². The molecule has 0 saturated heterocycles. The number of nitro groups is 1. The van der Waals surface area contributed by atoms with Gasteiger partial charge in [-0.1, -0.05) is 12.1 Å². The monoisotopic (exact) mass is 248 g/mol. The van der Waals surface area contributed by atoms with E-state index >= 15 is 0 Å². The summed E-state index contributed by atoms with van der Waals surface area (Å²) in [5.74, 6) is -0.147. The second kappa shape index (κ2) is 4.42. The van der Waals surface area contributed by atoms with E-state index in [2.05, 4.69) is 4.98 Å². The Hall–Kier alpha value is -2.08. The molecule has 1 heterocycles. The molecule has 0 saturated carbocycles. The number of aromatic nitrogens is 1. The first-order valence-electron chi connectivity index (χ1n) is 4.80. The number of ketones is 1. The Balaban J connectivity index is 2.52. The molecule has 17 heavy (non-hydrogen) atoms. The van der Waals surface area contributed by atoms with Crippen LogP contribution in [-0.2, 0) is 0 Å². The Morgan fingerprint density at radius 1 is 1.41 bits per heavy atom. The zero-order chi connectivity index (χ0) is 12.4. The fraction of sp³-hybridized carbons (Fsp3) is 0.0909. The highest BCUT2D eigenvalue weighted by Crippen LogP contribution is 2.31. The lowest BCUT2D eigenvalue weighted by Crippen LogP contribution is -1.93. The van der Waals surface area contributed by atoms with Crippen molar-refractivity contribution in [2.75, 3.05) is 0 Å². The highest BCUT2D eigenvalue weighted by Gasteiger charge is 2.17. The second-order valence-electron chi connectivity index (χ2n) is 3.37. The fourth-order valence-corrected chi connectivity index (χ4v) is 2.27. The van der Waals surface area contributed by atoms with Crippen LogP contribution in [0, 0.1) is 10.1 Å². The van der Waals surface area contributed by atoms with Gasteiger partial charge in [-0.25, -0.2) is 4.98 Å². The van der Waals surface area contributed by atoms with Gasteiger partial charge < -0.3 is 0 Å². The highest BCUT2D eigenvalue weighted by molar-refractivity contribution is 7.13. The van der Waals surface area contributed by atoms with Crippen molar-refractivity contribution < 1.29 is 9.72 Å². The number of rotatable bonds is 3. The number of benzene rings is 1. The molecule has 1 aromatic heterocycles. The number of nitro benzene ring substituents is 1. The first kappa shape index (κ1) is 11.4. The van der Waals surface area contributed by atoms with E-state index in [1.807, 2.05) is 0 Å². The lowest BCUT2D eigenvalue weighted by atomic mass is 10.2. The van der Waals surface area contributed by atoms with E-state index in [0.29, 0.717) is 16.3 Å². The smallest absolute Gasteiger partial charge is 0.279 e. The maximum Gasteiger partial charge on any atom is 0.279 e. The molecule has 0 aliphatic heterocycles. The molecule has 2 rings (SSSR count). The quantitative estimate of drug-likeness (QED) is 0.475. The molecule has 0 unspecified atom stereocenters. The van der Waals surface area contributed by atoms with E-state index in [4.69, 9.17) is 0 Å². The Labute approximate surface area is 101 Å². The zero-order valence-electron chi connectivity index (χ0n) is 8.91. The summed E-state index contributed by atoms with van der Waals surface area (Å²) >= 11 is 1.23. The third kappa shape index (κ3) is 2.21. The van der Waals surface area contributed by atoms with E-state index in [1.165, 1.54) is 24.3 Å². The first-order chi connectivity index (χ1) is 8.09. The average molecular weight is 248 g/mol. The van der Waals surface area contributed by atoms with Crippen LogP contribution in [0.5, 0.6) is 0 Å². The van der Waals surface area contributed by atoms with Gasteiger partial charge in [0.15, 0.2) is 5.78 Å². The van der Waals surface area contributed by atoms with Crippen LogP contribution >= 0.6 is 11.3 Å². The summed E-state index contributed by atoms with van der Waals surface area (Å²) in [6.45, 7) is 1.41. The molecule has 0 atom stereocenters. The topological polar surface area (TPSA) is 73.1 Å². The van der Waals surface area contributed by atoms with Gasteiger partial charge in [-0.15, -0.1) is 11.3 Å². The zero-order valence-corrected chi connectivity index (χ0v) is 9.73. The number of Topliss-reactive ketones (excluding diaryl/α,β-unsaturated/α-hetero) is 1. The summed E-state index contributed by atoms with van der Waals surface area (Å²) in [5, 5.41) is 12.9. The molecule has 0 radical (unpaired) electrons. The molecule has 6 heteroatoms. The predicted octanol–water partition coefficient (Wildman–Crippen LogP) is 2.92. The first-order valence-corrected chi connectivity index (χ1v) is 5.68. The third-order valence-electron chi connectivity index (χ3n) is 2.20. The minimum absolute atomic E-state index is 0.00282. The third-order valence-corrected chi connectivity index (χ3v) is 3.07. The molecular formula is C11H8N2O3S. The minimum Gasteiger partial charge on any atom is -0.293 e. The van der Waals surface area contributed by atoms with E-state index in [9.17, 15) is 14.9 Å². The predicted molar refractivity (Wildman–Crippen MR) is 64.2 cm³/mol. The highest BCUT2D eigenvalue weighted by atomic mass is 32.1. The summed E-state index contributed by atoms with van der Waals surface area (Å²) in [7, 11) is 0. The van der Waals surface area contributed by atoms with Gasteiger partial charge in [0.25, 0.3) is 5.69 Å². The van der Waals surface area contributed by atoms with Crippen LogP contribution < -0.4 is 0 Å². The molecule has 0 fully saturated rings. The molecule has 0 aliphatic rings. The van der Waals surface area contributed by atoms with Gasteiger partial charge in [0.1, 0.15) is 10.7 Å². The SMILES string of the molecule is CC(=O)c1csc(-c2ccccc2[N+](=O)[O-])n1. The number of hydrogen-bond donors (Lipinski definition) is 0. The van der Waals surface area contributed by atoms with Gasteiger partial charge in [-0.05, 0) is 6.07 Å². The normalized spacial score (nSPS) is 10.2. The summed E-state index contributed by atoms with van der Waals surface area (Å²) in [5.41, 5.74) is 0.773. The van der Waals surface area contributed by atoms with Crippen molar-refractivity contribution >= 4 is 22.8 Å². The largest absolute Gasteiger partial charge is 0.293 e. The Morgan fingerprint density at radius 3 is 2.71 bits per heavy atom. The number of nitrogens with zero attached hydrogens (tertiary/aromatic N) is 2. The Kier molecular flexibility index (Phi) is 2.97. The maximum atomic E-state index is 11.1. The van der Waals surface area contributed by atoms with Gasteiger partial charge in [0.05, 0.1) is 10.5 Å². The van der Waals surface area contributed by atoms with Crippen molar-refractivity contribution in [3.63, 3.8) is 0 Å². The Bertz CT molecular complexity index is 592. The van der Waals surface area contributed by atoms with Crippen LogP contribution in [0.1, 0.15) is 17.4 Å². The van der Waals surface area contributed by atoms with Crippen molar-refractivity contribution in [3.8, 4) is 10.6 Å². The molecule has 5 nitrogen and oxygen atoms in total. The molecule has 0 N–H and O–H groups in total. The molecular weight excluding hydrogens is 240 g/mol. The maximum absolute atomic E-state index is 11.1. The summed E-state index contributed by atoms with van der Waals surface area (Å²) in [4.78, 5) is 25.6. The number of carbonyl (C=O) groups excluding carboxylic acids is 1. The van der Waals surface area contributed by atoms with Crippen molar-refractivity contribution in [3.05, 3.63) is 45.5 Å². The van der Waals surface area contributed by atoms with Gasteiger partial charge in [-0.3, -0.25) is 14.9 Å². The lowest BCUT2D eigenvalue weighted by molar-refractivity contribution is -0.384. The Morgan fingerprint density at radius 2 is 2.12 bits per heavy atom. The van der Waals surface area contributed by atoms with Gasteiger partial charge in [-0.2, -0.15) is 0 Å². The average Bonchev–Trinajstić information content (AvgIpc) is 2.78. The van der Waals surface area contributed by atoms with Gasteiger partial charge in [0, 0.05) is 18.4 Å². The van der Waals surface area contributed by atoms with E-state index < -0.39 is 4.92 Å². The lowest BCUT2D eigenvalue weighted by Gasteiger charge is -1.97. The molecule has 1 aromatic carbocycles. The van der Waals surface area contributed by atoms with Gasteiger partial charge >= 0.3 is 0 Å². The van der Waals surface area contributed by atoms with Crippen LogP contribution in [0.25, 0.3) is 10.6 Å². The molecule has 0 aliphatic carbocycles. The standard InChI is InChI=1S/C11H8N2O3S/c1-7(14)9-6-17-11(12-9)8-4-2-3-5-10(8)13(15)16/h2-6H,1H3. The molecule has 0 spiro atoms. The number of hydrogen-bond acceptors (Lipinski definition) is 5. The van der Waals surface area contributed by atoms with Crippen LogP contribution in [-0.4, -0.2) is 15.7 Å². The summed E-state index contributed by atoms with van der Waals surface area (Å²) in [6, 6.07) is 6.35. The number of carbonyl (C=O) groups is 1. The van der Waals surface area contributed by atoms with Crippen LogP contribution in [0.4, 0.5) is 5.69 Å². The van der Waals surface area contributed by atoms with Crippen LogP contribution in [0.2, 0.25) is 0 Å². The molecule has 0 amide bonds. The van der Waals surface area contributed by atoms with E-state index in [-0.39, 0.29) is 11.5 Å². The van der Waals surface area contributed by atoms with Crippen molar-refractivity contribution in [2.24, 2.45) is 0 Å². The molecule has 86 valence electrons.